The molecule has 0 spiro atoms. The van der Waals surface area contributed by atoms with Crippen molar-refractivity contribution in [2.75, 3.05) is 12.3 Å². The smallest absolute Gasteiger partial charge is 0.335 e. The summed E-state index contributed by atoms with van der Waals surface area (Å²) in [5.74, 6) is 0.0479. The molecule has 1 aromatic carbocycles. The van der Waals surface area contributed by atoms with Gasteiger partial charge in [0.15, 0.2) is 0 Å². The number of benzene rings is 1. The van der Waals surface area contributed by atoms with E-state index < -0.39 is 5.97 Å². The Balaban J connectivity index is 2.56. The summed E-state index contributed by atoms with van der Waals surface area (Å²) in [6.07, 6.45) is 0. The van der Waals surface area contributed by atoms with Crippen molar-refractivity contribution in [3.63, 3.8) is 0 Å². The highest BCUT2D eigenvalue weighted by Gasteiger charge is 2.08. The van der Waals surface area contributed by atoms with Crippen LogP contribution in [0, 0.1) is 0 Å². The largest absolute Gasteiger partial charge is 0.478 e. The molecule has 3 N–H and O–H groups in total. The quantitative estimate of drug-likeness (QED) is 0.606. The Morgan fingerprint density at radius 1 is 1.44 bits per heavy atom. The number of carboxylic acid groups (broad SMARTS) is 1. The molecule has 0 fully saturated rings. The maximum atomic E-state index is 10.7. The Morgan fingerprint density at radius 2 is 2.06 bits per heavy atom. The monoisotopic (exact) mass is 257 g/mol. The van der Waals surface area contributed by atoms with Crippen LogP contribution in [0.25, 0.3) is 0 Å². The fourth-order valence-corrected chi connectivity index (χ4v) is 3.34. The van der Waals surface area contributed by atoms with Crippen molar-refractivity contribution in [3.8, 4) is 0 Å². The van der Waals surface area contributed by atoms with Crippen molar-refractivity contribution in [1.29, 1.82) is 0 Å². The van der Waals surface area contributed by atoms with Crippen LogP contribution in [0.1, 0.15) is 28.1 Å². The number of carboxylic acids is 1. The third-order valence-corrected chi connectivity index (χ3v) is 4.91. The van der Waals surface area contributed by atoms with E-state index in [2.05, 4.69) is 6.92 Å². The summed E-state index contributed by atoms with van der Waals surface area (Å²) < 4.78 is 0. The van der Waals surface area contributed by atoms with Gasteiger partial charge in [0.2, 0.25) is 0 Å². The summed E-state index contributed by atoms with van der Waals surface area (Å²) in [6.45, 7) is 2.78. The van der Waals surface area contributed by atoms with Crippen LogP contribution >= 0.6 is 21.6 Å². The fraction of sp³-hybridized carbons (Fsp3) is 0.364. The molecule has 0 bridgehead atoms. The molecule has 1 rings (SSSR count). The van der Waals surface area contributed by atoms with Gasteiger partial charge in [0, 0.05) is 17.5 Å². The summed E-state index contributed by atoms with van der Waals surface area (Å²) in [5.41, 5.74) is 6.87. The minimum atomic E-state index is -0.885. The lowest BCUT2D eigenvalue weighted by Crippen LogP contribution is -2.00. The van der Waals surface area contributed by atoms with Crippen LogP contribution in [0.15, 0.2) is 24.3 Å². The van der Waals surface area contributed by atoms with Crippen molar-refractivity contribution in [2.45, 2.75) is 12.2 Å². The van der Waals surface area contributed by atoms with Gasteiger partial charge in [-0.05, 0) is 24.6 Å². The van der Waals surface area contributed by atoms with Crippen molar-refractivity contribution in [3.05, 3.63) is 35.4 Å². The molecule has 0 aliphatic heterocycles. The normalized spacial score (nSPS) is 12.4. The Hall–Kier alpha value is -0.650. The first-order chi connectivity index (χ1) is 7.65. The van der Waals surface area contributed by atoms with E-state index in [-0.39, 0.29) is 0 Å². The first kappa shape index (κ1) is 13.4. The summed E-state index contributed by atoms with van der Waals surface area (Å²) in [6, 6.07) is 7.01. The van der Waals surface area contributed by atoms with Gasteiger partial charge >= 0.3 is 5.97 Å². The standard InChI is InChI=1S/C11H15NO2S2/c1-8(16-15-7-6-12)9-2-4-10(5-3-9)11(13)14/h2-5,8H,6-7,12H2,1H3,(H,13,14). The second-order valence-electron chi connectivity index (χ2n) is 3.28. The Bertz CT molecular complexity index is 340. The molecule has 0 aliphatic rings. The highest BCUT2D eigenvalue weighted by Crippen LogP contribution is 2.37. The second kappa shape index (κ2) is 6.83. The van der Waals surface area contributed by atoms with Gasteiger partial charge in [-0.15, -0.1) is 0 Å². The van der Waals surface area contributed by atoms with Crippen LogP contribution in [-0.4, -0.2) is 23.4 Å². The van der Waals surface area contributed by atoms with Crippen molar-refractivity contribution in [2.24, 2.45) is 5.73 Å². The molecule has 88 valence electrons. The van der Waals surface area contributed by atoms with Crippen molar-refractivity contribution in [1.82, 2.24) is 0 Å². The molecule has 1 unspecified atom stereocenters. The Morgan fingerprint density at radius 3 is 2.56 bits per heavy atom. The first-order valence-electron chi connectivity index (χ1n) is 4.96. The highest BCUT2D eigenvalue weighted by molar-refractivity contribution is 8.76. The van der Waals surface area contributed by atoms with Gasteiger partial charge in [0.05, 0.1) is 5.56 Å². The first-order valence-corrected chi connectivity index (χ1v) is 7.35. The number of carbonyl (C=O) groups is 1. The molecule has 0 saturated carbocycles. The third-order valence-electron chi connectivity index (χ3n) is 2.04. The minimum absolute atomic E-state index is 0.329. The van der Waals surface area contributed by atoms with E-state index in [9.17, 15) is 4.79 Å². The average molecular weight is 257 g/mol. The van der Waals surface area contributed by atoms with Gasteiger partial charge in [-0.2, -0.15) is 0 Å². The molecule has 0 saturated heterocycles. The van der Waals surface area contributed by atoms with Crippen LogP contribution in [-0.2, 0) is 0 Å². The molecule has 3 nitrogen and oxygen atoms in total. The summed E-state index contributed by atoms with van der Waals surface area (Å²) in [4.78, 5) is 10.7. The molecule has 0 aromatic heterocycles. The minimum Gasteiger partial charge on any atom is -0.478 e. The maximum absolute atomic E-state index is 10.7. The molecule has 5 heteroatoms. The molecule has 16 heavy (non-hydrogen) atoms. The van der Waals surface area contributed by atoms with Gasteiger partial charge in [-0.3, -0.25) is 0 Å². The molecule has 0 aliphatic carbocycles. The maximum Gasteiger partial charge on any atom is 0.335 e. The topological polar surface area (TPSA) is 63.3 Å². The lowest BCUT2D eigenvalue weighted by molar-refractivity contribution is 0.0697. The fourth-order valence-electron chi connectivity index (χ4n) is 1.15. The van der Waals surface area contributed by atoms with Gasteiger partial charge in [-0.25, -0.2) is 4.79 Å². The molecular weight excluding hydrogens is 242 g/mol. The van der Waals surface area contributed by atoms with Crippen LogP contribution < -0.4 is 5.73 Å². The molecule has 0 heterocycles. The zero-order valence-electron chi connectivity index (χ0n) is 9.05. The third kappa shape index (κ3) is 4.08. The lowest BCUT2D eigenvalue weighted by Gasteiger charge is -2.10. The Kier molecular flexibility index (Phi) is 5.73. The highest BCUT2D eigenvalue weighted by atomic mass is 33.1. The number of hydrogen-bond donors (Lipinski definition) is 2. The van der Waals surface area contributed by atoms with E-state index in [1.807, 2.05) is 12.1 Å². The lowest BCUT2D eigenvalue weighted by atomic mass is 10.1. The van der Waals surface area contributed by atoms with E-state index in [0.29, 0.717) is 17.4 Å². The van der Waals surface area contributed by atoms with E-state index in [1.54, 1.807) is 33.7 Å². The van der Waals surface area contributed by atoms with Crippen LogP contribution in [0.2, 0.25) is 0 Å². The van der Waals surface area contributed by atoms with Crippen molar-refractivity contribution >= 4 is 27.6 Å². The predicted octanol–water partition coefficient (Wildman–Crippen LogP) is 2.79. The van der Waals surface area contributed by atoms with E-state index >= 15 is 0 Å². The Labute approximate surface area is 103 Å². The van der Waals surface area contributed by atoms with Crippen molar-refractivity contribution < 1.29 is 9.90 Å². The molecule has 1 atom stereocenters. The molecular formula is C11H15NO2S2. The number of nitrogens with two attached hydrogens (primary N) is 1. The second-order valence-corrected chi connectivity index (χ2v) is 6.10. The van der Waals surface area contributed by atoms with Gasteiger partial charge in [0.25, 0.3) is 0 Å². The molecule has 1 aromatic rings. The summed E-state index contributed by atoms with van der Waals surface area (Å²) >= 11 is 0. The van der Waals surface area contributed by atoms with Gasteiger partial charge in [-0.1, -0.05) is 33.7 Å². The summed E-state index contributed by atoms with van der Waals surface area (Å²) in [7, 11) is 3.50. The zero-order valence-corrected chi connectivity index (χ0v) is 10.7. The van der Waals surface area contributed by atoms with E-state index in [4.69, 9.17) is 10.8 Å². The van der Waals surface area contributed by atoms with E-state index in [0.717, 1.165) is 11.3 Å². The van der Waals surface area contributed by atoms with Gasteiger partial charge < -0.3 is 10.8 Å². The van der Waals surface area contributed by atoms with Crippen LogP contribution in [0.5, 0.6) is 0 Å². The zero-order chi connectivity index (χ0) is 12.0. The van der Waals surface area contributed by atoms with Gasteiger partial charge in [0.1, 0.15) is 0 Å². The number of hydrogen-bond acceptors (Lipinski definition) is 4. The SMILES string of the molecule is CC(SSCCN)c1ccc(C(=O)O)cc1. The van der Waals surface area contributed by atoms with Crippen LogP contribution in [0.4, 0.5) is 0 Å². The number of rotatable bonds is 6. The molecule has 0 radical (unpaired) electrons. The van der Waals surface area contributed by atoms with Crippen LogP contribution in [0.3, 0.4) is 0 Å². The predicted molar refractivity (Wildman–Crippen MR) is 70.9 cm³/mol. The number of aromatic carboxylic acids is 1. The average Bonchev–Trinajstić information content (AvgIpc) is 2.29. The molecule has 0 amide bonds. The summed E-state index contributed by atoms with van der Waals surface area (Å²) in [5, 5.41) is 9.11. The van der Waals surface area contributed by atoms with E-state index in [1.165, 1.54) is 0 Å².